The molecular weight excluding hydrogens is 308 g/mol. The fraction of sp³-hybridized carbons (Fsp3) is 0.111. The van der Waals surface area contributed by atoms with Gasteiger partial charge in [-0.3, -0.25) is 4.79 Å². The molecule has 0 bridgehead atoms. The lowest BCUT2D eigenvalue weighted by atomic mass is 10.1. The summed E-state index contributed by atoms with van der Waals surface area (Å²) in [6.45, 7) is 1.78. The Hall–Kier alpha value is -2.53. The molecule has 0 unspecified atom stereocenters. The molecule has 0 aliphatic rings. The first-order valence-electron chi connectivity index (χ1n) is 7.22. The van der Waals surface area contributed by atoms with Crippen LogP contribution in [0.1, 0.15) is 5.76 Å². The molecule has 1 N–H and O–H groups in total. The van der Waals surface area contributed by atoms with Crippen molar-refractivity contribution in [3.8, 4) is 11.1 Å². The number of rotatable bonds is 5. The van der Waals surface area contributed by atoms with E-state index in [-0.39, 0.29) is 5.91 Å². The van der Waals surface area contributed by atoms with Gasteiger partial charge in [0.1, 0.15) is 5.76 Å². The van der Waals surface area contributed by atoms with E-state index in [0.717, 1.165) is 10.5 Å². The molecule has 0 spiro atoms. The van der Waals surface area contributed by atoms with E-state index in [1.165, 1.54) is 17.3 Å². The maximum Gasteiger partial charge on any atom is 0.235 e. The van der Waals surface area contributed by atoms with Crippen LogP contribution in [0.4, 0.5) is 5.82 Å². The van der Waals surface area contributed by atoms with Crippen molar-refractivity contribution >= 4 is 23.5 Å². The highest BCUT2D eigenvalue weighted by Crippen LogP contribution is 2.24. The molecule has 0 saturated carbocycles. The number of hydrogen-bond donors (Lipinski definition) is 1. The molecule has 0 radical (unpaired) electrons. The summed E-state index contributed by atoms with van der Waals surface area (Å²) in [6, 6.07) is 20.1. The average Bonchev–Trinajstić information content (AvgIpc) is 2.99. The molecule has 1 amide bonds. The third-order valence-electron chi connectivity index (χ3n) is 3.23. The fourth-order valence-electron chi connectivity index (χ4n) is 2.13. The number of carbonyl (C=O) groups is 1. The van der Waals surface area contributed by atoms with Gasteiger partial charge in [-0.1, -0.05) is 47.6 Å². The summed E-state index contributed by atoms with van der Waals surface area (Å²) in [5.74, 6) is 1.35. The van der Waals surface area contributed by atoms with E-state index < -0.39 is 0 Å². The second-order valence-corrected chi connectivity index (χ2v) is 6.10. The normalized spacial score (nSPS) is 10.5. The molecule has 4 nitrogen and oxygen atoms in total. The number of aromatic nitrogens is 1. The second-order valence-electron chi connectivity index (χ2n) is 5.05. The smallest absolute Gasteiger partial charge is 0.235 e. The third-order valence-corrected chi connectivity index (χ3v) is 4.24. The van der Waals surface area contributed by atoms with Crippen molar-refractivity contribution in [2.75, 3.05) is 11.1 Å². The highest BCUT2D eigenvalue weighted by atomic mass is 32.2. The molecule has 1 heterocycles. The Morgan fingerprint density at radius 3 is 2.43 bits per heavy atom. The van der Waals surface area contributed by atoms with Gasteiger partial charge in [-0.2, -0.15) is 0 Å². The highest BCUT2D eigenvalue weighted by molar-refractivity contribution is 8.00. The summed E-state index contributed by atoms with van der Waals surface area (Å²) in [5, 5.41) is 6.45. The van der Waals surface area contributed by atoms with E-state index in [2.05, 4.69) is 34.7 Å². The summed E-state index contributed by atoms with van der Waals surface area (Å²) >= 11 is 1.49. The van der Waals surface area contributed by atoms with E-state index in [1.807, 2.05) is 30.3 Å². The van der Waals surface area contributed by atoms with Gasteiger partial charge in [0.15, 0.2) is 5.82 Å². The molecule has 0 aliphatic heterocycles. The van der Waals surface area contributed by atoms with E-state index in [4.69, 9.17) is 4.52 Å². The van der Waals surface area contributed by atoms with Gasteiger partial charge in [0.2, 0.25) is 5.91 Å². The molecule has 0 saturated heterocycles. The molecule has 0 fully saturated rings. The van der Waals surface area contributed by atoms with Crippen LogP contribution in [-0.2, 0) is 4.79 Å². The van der Waals surface area contributed by atoms with Crippen molar-refractivity contribution in [2.45, 2.75) is 11.8 Å². The van der Waals surface area contributed by atoms with Gasteiger partial charge in [0.05, 0.1) is 5.75 Å². The van der Waals surface area contributed by atoms with Gasteiger partial charge in [0.25, 0.3) is 0 Å². The van der Waals surface area contributed by atoms with Crippen LogP contribution in [0.2, 0.25) is 0 Å². The lowest BCUT2D eigenvalue weighted by molar-refractivity contribution is -0.113. The minimum atomic E-state index is -0.101. The first kappa shape index (κ1) is 15.4. The zero-order chi connectivity index (χ0) is 16.1. The van der Waals surface area contributed by atoms with E-state index in [1.54, 1.807) is 13.0 Å². The predicted octanol–water partition coefficient (Wildman–Crippen LogP) is 4.38. The SMILES string of the molecule is Cc1cc(NC(=O)CSc2ccc(-c3ccccc3)cc2)no1. The number of hydrogen-bond acceptors (Lipinski definition) is 4. The van der Waals surface area contributed by atoms with Crippen LogP contribution in [0, 0.1) is 6.92 Å². The molecule has 5 heteroatoms. The monoisotopic (exact) mass is 324 g/mol. The molecular formula is C18H16N2O2S. The first-order chi connectivity index (χ1) is 11.2. The largest absolute Gasteiger partial charge is 0.360 e. The standard InChI is InChI=1S/C18H16N2O2S/c1-13-11-17(20-22-13)19-18(21)12-23-16-9-7-15(8-10-16)14-5-3-2-4-6-14/h2-11H,12H2,1H3,(H,19,20,21). The highest BCUT2D eigenvalue weighted by Gasteiger charge is 2.07. The number of benzene rings is 2. The Morgan fingerprint density at radius 2 is 1.78 bits per heavy atom. The Morgan fingerprint density at radius 1 is 1.09 bits per heavy atom. The molecule has 1 aromatic heterocycles. The van der Waals surface area contributed by atoms with Gasteiger partial charge in [-0.15, -0.1) is 11.8 Å². The predicted molar refractivity (Wildman–Crippen MR) is 92.5 cm³/mol. The average molecular weight is 324 g/mol. The zero-order valence-electron chi connectivity index (χ0n) is 12.7. The topological polar surface area (TPSA) is 55.1 Å². The van der Waals surface area contributed by atoms with Crippen molar-refractivity contribution in [2.24, 2.45) is 0 Å². The number of nitrogens with one attached hydrogen (secondary N) is 1. The second kappa shape index (κ2) is 7.15. The number of amides is 1. The summed E-state index contributed by atoms with van der Waals surface area (Å²) < 4.78 is 4.91. The first-order valence-corrected chi connectivity index (χ1v) is 8.21. The Kier molecular flexibility index (Phi) is 4.78. The minimum Gasteiger partial charge on any atom is -0.360 e. The van der Waals surface area contributed by atoms with E-state index in [9.17, 15) is 4.79 Å². The molecule has 23 heavy (non-hydrogen) atoms. The summed E-state index contributed by atoms with van der Waals surface area (Å²) in [5.41, 5.74) is 2.35. The lowest BCUT2D eigenvalue weighted by Gasteiger charge is -2.04. The van der Waals surface area contributed by atoms with Crippen molar-refractivity contribution in [3.63, 3.8) is 0 Å². The molecule has 0 aliphatic carbocycles. The number of nitrogens with zero attached hydrogens (tertiary/aromatic N) is 1. The Labute approximate surface area is 138 Å². The van der Waals surface area contributed by atoms with Gasteiger partial charge >= 0.3 is 0 Å². The van der Waals surface area contributed by atoms with Crippen LogP contribution in [0.15, 0.2) is 70.1 Å². The van der Waals surface area contributed by atoms with E-state index >= 15 is 0 Å². The molecule has 2 aromatic carbocycles. The Balaban J connectivity index is 1.55. The van der Waals surface area contributed by atoms with Crippen molar-refractivity contribution < 1.29 is 9.32 Å². The van der Waals surface area contributed by atoms with Gasteiger partial charge in [-0.25, -0.2) is 0 Å². The van der Waals surface area contributed by atoms with Gasteiger partial charge in [0, 0.05) is 11.0 Å². The van der Waals surface area contributed by atoms with Crippen LogP contribution in [0.3, 0.4) is 0 Å². The maximum atomic E-state index is 11.9. The van der Waals surface area contributed by atoms with Gasteiger partial charge in [-0.05, 0) is 30.2 Å². The molecule has 0 atom stereocenters. The molecule has 3 aromatic rings. The van der Waals surface area contributed by atoms with E-state index in [0.29, 0.717) is 17.3 Å². The summed E-state index contributed by atoms with van der Waals surface area (Å²) in [7, 11) is 0. The lowest BCUT2D eigenvalue weighted by Crippen LogP contribution is -2.14. The third kappa shape index (κ3) is 4.23. The minimum absolute atomic E-state index is 0.101. The van der Waals surface area contributed by atoms with Crippen molar-refractivity contribution in [3.05, 3.63) is 66.4 Å². The van der Waals surface area contributed by atoms with Crippen LogP contribution >= 0.6 is 11.8 Å². The van der Waals surface area contributed by atoms with Crippen LogP contribution < -0.4 is 5.32 Å². The van der Waals surface area contributed by atoms with Crippen molar-refractivity contribution in [1.29, 1.82) is 0 Å². The zero-order valence-corrected chi connectivity index (χ0v) is 13.5. The van der Waals surface area contributed by atoms with Crippen LogP contribution in [0.5, 0.6) is 0 Å². The number of anilines is 1. The molecule has 116 valence electrons. The van der Waals surface area contributed by atoms with Crippen molar-refractivity contribution in [1.82, 2.24) is 5.16 Å². The van der Waals surface area contributed by atoms with Crippen LogP contribution in [0.25, 0.3) is 11.1 Å². The number of thioether (sulfide) groups is 1. The van der Waals surface area contributed by atoms with Crippen LogP contribution in [-0.4, -0.2) is 16.8 Å². The fourth-order valence-corrected chi connectivity index (χ4v) is 2.83. The summed E-state index contributed by atoms with van der Waals surface area (Å²) in [4.78, 5) is 12.9. The quantitative estimate of drug-likeness (QED) is 0.708. The van der Waals surface area contributed by atoms with Gasteiger partial charge < -0.3 is 9.84 Å². The maximum absolute atomic E-state index is 11.9. The Bertz CT molecular complexity index is 782. The number of carbonyl (C=O) groups excluding carboxylic acids is 1. The summed E-state index contributed by atoms with van der Waals surface area (Å²) in [6.07, 6.45) is 0. The number of aryl methyl sites for hydroxylation is 1. The molecule has 3 rings (SSSR count).